The van der Waals surface area contributed by atoms with E-state index in [1.54, 1.807) is 0 Å². The zero-order chi connectivity index (χ0) is 14.9. The standard InChI is InChI=1S/C20H27N/c1-3-5-11-20(19-9-7-6-8-10-19)21-16-18-14-12-17(4-2)13-15-18/h6-10,12-15,20-21H,3-5,11,16H2,1-2H3. The third kappa shape index (κ3) is 5.02. The lowest BCUT2D eigenvalue weighted by atomic mass is 10.0. The van der Waals surface area contributed by atoms with Gasteiger partial charge in [-0.15, -0.1) is 0 Å². The molecule has 2 rings (SSSR count). The van der Waals surface area contributed by atoms with E-state index in [2.05, 4.69) is 73.8 Å². The fraction of sp³-hybridized carbons (Fsp3) is 0.400. The summed E-state index contributed by atoms with van der Waals surface area (Å²) < 4.78 is 0. The van der Waals surface area contributed by atoms with Crippen molar-refractivity contribution in [1.82, 2.24) is 5.32 Å². The Morgan fingerprint density at radius 1 is 0.857 bits per heavy atom. The average Bonchev–Trinajstić information content (AvgIpc) is 2.56. The Balaban J connectivity index is 1.97. The van der Waals surface area contributed by atoms with Crippen LogP contribution in [0.15, 0.2) is 54.6 Å². The van der Waals surface area contributed by atoms with Gasteiger partial charge in [-0.2, -0.15) is 0 Å². The van der Waals surface area contributed by atoms with Gasteiger partial charge in [0.1, 0.15) is 0 Å². The van der Waals surface area contributed by atoms with Crippen LogP contribution in [0.3, 0.4) is 0 Å². The number of hydrogen-bond acceptors (Lipinski definition) is 1. The summed E-state index contributed by atoms with van der Waals surface area (Å²) in [6, 6.07) is 20.2. The first-order valence-electron chi connectivity index (χ1n) is 8.19. The molecule has 2 aromatic rings. The van der Waals surface area contributed by atoms with Gasteiger partial charge in [0.15, 0.2) is 0 Å². The molecule has 0 saturated heterocycles. The lowest BCUT2D eigenvalue weighted by molar-refractivity contribution is 0.480. The van der Waals surface area contributed by atoms with Crippen molar-refractivity contribution in [1.29, 1.82) is 0 Å². The summed E-state index contributed by atoms with van der Waals surface area (Å²) in [5.74, 6) is 0. The maximum absolute atomic E-state index is 3.72. The van der Waals surface area contributed by atoms with Gasteiger partial charge in [-0.25, -0.2) is 0 Å². The van der Waals surface area contributed by atoms with Crippen LogP contribution in [-0.2, 0) is 13.0 Å². The number of rotatable bonds is 8. The van der Waals surface area contributed by atoms with Crippen LogP contribution in [0.2, 0.25) is 0 Å². The molecule has 0 spiro atoms. The molecular weight excluding hydrogens is 254 g/mol. The number of unbranched alkanes of at least 4 members (excludes halogenated alkanes) is 1. The summed E-state index contributed by atoms with van der Waals surface area (Å²) in [7, 11) is 0. The van der Waals surface area contributed by atoms with Crippen molar-refractivity contribution < 1.29 is 0 Å². The Kier molecular flexibility index (Phi) is 6.49. The molecule has 112 valence electrons. The third-order valence-corrected chi connectivity index (χ3v) is 4.03. The maximum atomic E-state index is 3.72. The van der Waals surface area contributed by atoms with Crippen LogP contribution >= 0.6 is 0 Å². The summed E-state index contributed by atoms with van der Waals surface area (Å²) >= 11 is 0. The predicted octanol–water partition coefficient (Wildman–Crippen LogP) is 5.27. The normalized spacial score (nSPS) is 12.3. The van der Waals surface area contributed by atoms with Crippen LogP contribution in [0, 0.1) is 0 Å². The zero-order valence-corrected chi connectivity index (χ0v) is 13.3. The molecule has 1 nitrogen and oxygen atoms in total. The second-order valence-corrected chi connectivity index (χ2v) is 5.66. The molecule has 1 unspecified atom stereocenters. The SMILES string of the molecule is CCCCC(NCc1ccc(CC)cc1)c1ccccc1. The molecule has 0 aromatic heterocycles. The van der Waals surface area contributed by atoms with Crippen LogP contribution in [0.4, 0.5) is 0 Å². The number of benzene rings is 2. The molecule has 0 aliphatic heterocycles. The highest BCUT2D eigenvalue weighted by Gasteiger charge is 2.09. The highest BCUT2D eigenvalue weighted by Crippen LogP contribution is 2.20. The van der Waals surface area contributed by atoms with Gasteiger partial charge in [-0.05, 0) is 29.5 Å². The zero-order valence-electron chi connectivity index (χ0n) is 13.3. The monoisotopic (exact) mass is 281 g/mol. The van der Waals surface area contributed by atoms with E-state index in [1.807, 2.05) is 0 Å². The number of nitrogens with one attached hydrogen (secondary N) is 1. The molecule has 1 atom stereocenters. The van der Waals surface area contributed by atoms with Crippen LogP contribution in [-0.4, -0.2) is 0 Å². The van der Waals surface area contributed by atoms with Crippen LogP contribution in [0.5, 0.6) is 0 Å². The number of aryl methyl sites for hydroxylation is 1. The molecular formula is C20H27N. The van der Waals surface area contributed by atoms with Gasteiger partial charge in [-0.1, -0.05) is 81.3 Å². The molecule has 0 heterocycles. The Morgan fingerprint density at radius 3 is 2.14 bits per heavy atom. The first kappa shape index (κ1) is 15.8. The molecule has 0 saturated carbocycles. The Hall–Kier alpha value is -1.60. The number of hydrogen-bond donors (Lipinski definition) is 1. The van der Waals surface area contributed by atoms with Crippen molar-refractivity contribution >= 4 is 0 Å². The van der Waals surface area contributed by atoms with Gasteiger partial charge in [0, 0.05) is 12.6 Å². The van der Waals surface area contributed by atoms with Gasteiger partial charge in [0.05, 0.1) is 0 Å². The Bertz CT molecular complexity index is 501. The lowest BCUT2D eigenvalue weighted by Gasteiger charge is -2.19. The first-order valence-corrected chi connectivity index (χ1v) is 8.19. The second kappa shape index (κ2) is 8.63. The van der Waals surface area contributed by atoms with E-state index in [4.69, 9.17) is 0 Å². The summed E-state index contributed by atoms with van der Waals surface area (Å²) in [6.45, 7) is 5.39. The van der Waals surface area contributed by atoms with Crippen molar-refractivity contribution in [3.8, 4) is 0 Å². The van der Waals surface area contributed by atoms with Gasteiger partial charge in [0.25, 0.3) is 0 Å². The van der Waals surface area contributed by atoms with Crippen LogP contribution < -0.4 is 5.32 Å². The molecule has 0 radical (unpaired) electrons. The largest absolute Gasteiger partial charge is 0.306 e. The average molecular weight is 281 g/mol. The van der Waals surface area contributed by atoms with Crippen molar-refractivity contribution in [2.75, 3.05) is 0 Å². The molecule has 0 aliphatic carbocycles. The molecule has 21 heavy (non-hydrogen) atoms. The molecule has 2 aromatic carbocycles. The minimum atomic E-state index is 0.456. The van der Waals surface area contributed by atoms with E-state index in [9.17, 15) is 0 Å². The quantitative estimate of drug-likeness (QED) is 0.695. The topological polar surface area (TPSA) is 12.0 Å². The summed E-state index contributed by atoms with van der Waals surface area (Å²) in [5, 5.41) is 3.72. The molecule has 0 bridgehead atoms. The van der Waals surface area contributed by atoms with Crippen molar-refractivity contribution in [3.63, 3.8) is 0 Å². The summed E-state index contributed by atoms with van der Waals surface area (Å²) in [4.78, 5) is 0. The van der Waals surface area contributed by atoms with Crippen molar-refractivity contribution in [3.05, 3.63) is 71.3 Å². The van der Waals surface area contributed by atoms with Gasteiger partial charge >= 0.3 is 0 Å². The fourth-order valence-corrected chi connectivity index (χ4v) is 2.61. The van der Waals surface area contributed by atoms with Gasteiger partial charge in [-0.3, -0.25) is 0 Å². The van der Waals surface area contributed by atoms with Crippen LogP contribution in [0.25, 0.3) is 0 Å². The highest BCUT2D eigenvalue weighted by molar-refractivity contribution is 5.23. The second-order valence-electron chi connectivity index (χ2n) is 5.66. The van der Waals surface area contributed by atoms with E-state index in [0.717, 1.165) is 13.0 Å². The molecule has 1 heteroatoms. The molecule has 0 aliphatic rings. The summed E-state index contributed by atoms with van der Waals surface area (Å²) in [6.07, 6.45) is 4.82. The smallest absolute Gasteiger partial charge is 0.0323 e. The first-order chi connectivity index (χ1) is 10.3. The molecule has 0 fully saturated rings. The van der Waals surface area contributed by atoms with Gasteiger partial charge in [0.2, 0.25) is 0 Å². The molecule has 1 N–H and O–H groups in total. The van der Waals surface area contributed by atoms with Crippen LogP contribution in [0.1, 0.15) is 55.8 Å². The maximum Gasteiger partial charge on any atom is 0.0323 e. The van der Waals surface area contributed by atoms with Crippen molar-refractivity contribution in [2.45, 2.75) is 52.1 Å². The molecule has 0 amide bonds. The third-order valence-electron chi connectivity index (χ3n) is 4.03. The van der Waals surface area contributed by atoms with E-state index >= 15 is 0 Å². The fourth-order valence-electron chi connectivity index (χ4n) is 2.61. The highest BCUT2D eigenvalue weighted by atomic mass is 14.9. The van der Waals surface area contributed by atoms with E-state index < -0.39 is 0 Å². The predicted molar refractivity (Wildman–Crippen MR) is 91.4 cm³/mol. The Labute approximate surface area is 129 Å². The Morgan fingerprint density at radius 2 is 1.52 bits per heavy atom. The lowest BCUT2D eigenvalue weighted by Crippen LogP contribution is -2.21. The van der Waals surface area contributed by atoms with Gasteiger partial charge < -0.3 is 5.32 Å². The minimum Gasteiger partial charge on any atom is -0.306 e. The van der Waals surface area contributed by atoms with E-state index in [1.165, 1.54) is 36.0 Å². The summed E-state index contributed by atoms with van der Waals surface area (Å²) in [5.41, 5.74) is 4.17. The minimum absolute atomic E-state index is 0.456. The van der Waals surface area contributed by atoms with Crippen molar-refractivity contribution in [2.24, 2.45) is 0 Å². The van der Waals surface area contributed by atoms with E-state index in [-0.39, 0.29) is 0 Å². The van der Waals surface area contributed by atoms with E-state index in [0.29, 0.717) is 6.04 Å².